The minimum Gasteiger partial charge on any atom is -0.496 e. The number of aromatic nitrogens is 2. The van der Waals surface area contributed by atoms with Crippen LogP contribution >= 0.6 is 11.6 Å². The lowest BCUT2D eigenvalue weighted by atomic mass is 10.0. The molecule has 0 aliphatic rings. The molecule has 0 atom stereocenters. The Bertz CT molecular complexity index is 576. The minimum absolute atomic E-state index is 0.256. The van der Waals surface area contributed by atoms with Gasteiger partial charge in [0, 0.05) is 11.3 Å². The summed E-state index contributed by atoms with van der Waals surface area (Å²) >= 11 is 5.91. The maximum atomic E-state index is 5.91. The molecule has 1 heterocycles. The van der Waals surface area contributed by atoms with Crippen molar-refractivity contribution in [3.05, 3.63) is 40.3 Å². The molecule has 0 aliphatic heterocycles. The maximum Gasteiger partial charge on any atom is 0.223 e. The average molecular weight is 263 g/mol. The maximum absolute atomic E-state index is 5.91. The Morgan fingerprint density at radius 3 is 2.39 bits per heavy atom. The second-order valence-electron chi connectivity index (χ2n) is 4.33. The summed E-state index contributed by atoms with van der Waals surface area (Å²) in [7, 11) is 1.66. The molecule has 1 aromatic heterocycles. The highest BCUT2D eigenvalue weighted by atomic mass is 35.5. The third-order valence-electron chi connectivity index (χ3n) is 2.73. The fraction of sp³-hybridized carbons (Fsp3) is 0.286. The Kier molecular flexibility index (Phi) is 3.53. The largest absolute Gasteiger partial charge is 0.496 e. The number of ether oxygens (including phenoxy) is 1. The second-order valence-corrected chi connectivity index (χ2v) is 4.66. The van der Waals surface area contributed by atoms with Crippen LogP contribution in [0.3, 0.4) is 0 Å². The molecule has 1 aromatic carbocycles. The van der Waals surface area contributed by atoms with E-state index in [-0.39, 0.29) is 5.28 Å². The third-order valence-corrected chi connectivity index (χ3v) is 2.90. The quantitative estimate of drug-likeness (QED) is 0.774. The summed E-state index contributed by atoms with van der Waals surface area (Å²) in [6.07, 6.45) is 0. The summed E-state index contributed by atoms with van der Waals surface area (Å²) in [4.78, 5) is 8.34. The molecule has 0 saturated heterocycles. The SMILES string of the molecule is COc1c(C)cc(C)cc1-c1cc(C)nc(Cl)n1. The van der Waals surface area contributed by atoms with E-state index < -0.39 is 0 Å². The van der Waals surface area contributed by atoms with E-state index >= 15 is 0 Å². The summed E-state index contributed by atoms with van der Waals surface area (Å²) < 4.78 is 5.46. The van der Waals surface area contributed by atoms with Gasteiger partial charge in [-0.05, 0) is 55.6 Å². The Hall–Kier alpha value is -1.61. The van der Waals surface area contributed by atoms with E-state index in [1.165, 1.54) is 0 Å². The summed E-state index contributed by atoms with van der Waals surface area (Å²) in [5.74, 6) is 0.828. The number of hydrogen-bond donors (Lipinski definition) is 0. The molecule has 0 aliphatic carbocycles. The molecule has 2 aromatic rings. The van der Waals surface area contributed by atoms with Crippen LogP contribution in [-0.4, -0.2) is 17.1 Å². The Morgan fingerprint density at radius 1 is 1.06 bits per heavy atom. The van der Waals surface area contributed by atoms with Crippen LogP contribution in [0.1, 0.15) is 16.8 Å². The number of aryl methyl sites for hydroxylation is 3. The van der Waals surface area contributed by atoms with E-state index in [2.05, 4.69) is 16.0 Å². The lowest BCUT2D eigenvalue weighted by Crippen LogP contribution is -1.96. The van der Waals surface area contributed by atoms with E-state index in [0.29, 0.717) is 0 Å². The van der Waals surface area contributed by atoms with Gasteiger partial charge in [0.25, 0.3) is 0 Å². The molecule has 0 amide bonds. The molecule has 2 rings (SSSR count). The van der Waals surface area contributed by atoms with Gasteiger partial charge in [-0.2, -0.15) is 0 Å². The van der Waals surface area contributed by atoms with Crippen LogP contribution < -0.4 is 4.74 Å². The van der Waals surface area contributed by atoms with Crippen LogP contribution in [0.5, 0.6) is 5.75 Å². The first kappa shape index (κ1) is 12.8. The highest BCUT2D eigenvalue weighted by Gasteiger charge is 2.12. The van der Waals surface area contributed by atoms with E-state index in [1.54, 1.807) is 7.11 Å². The molecule has 0 bridgehead atoms. The molecule has 0 radical (unpaired) electrons. The van der Waals surface area contributed by atoms with E-state index in [1.807, 2.05) is 32.9 Å². The van der Waals surface area contributed by atoms with Crippen LogP contribution in [-0.2, 0) is 0 Å². The van der Waals surface area contributed by atoms with Crippen LogP contribution in [0.15, 0.2) is 18.2 Å². The van der Waals surface area contributed by atoms with Crippen LogP contribution in [0, 0.1) is 20.8 Å². The Balaban J connectivity index is 2.69. The van der Waals surface area contributed by atoms with Crippen LogP contribution in [0.25, 0.3) is 11.3 Å². The summed E-state index contributed by atoms with van der Waals surface area (Å²) in [6, 6.07) is 6.03. The molecule has 0 unspecified atom stereocenters. The fourth-order valence-corrected chi connectivity index (χ4v) is 2.31. The molecule has 94 valence electrons. The molecule has 0 spiro atoms. The van der Waals surface area contributed by atoms with Crippen molar-refractivity contribution in [3.8, 4) is 17.0 Å². The van der Waals surface area contributed by atoms with Crippen molar-refractivity contribution in [2.24, 2.45) is 0 Å². The van der Waals surface area contributed by atoms with Gasteiger partial charge in [-0.3, -0.25) is 0 Å². The van der Waals surface area contributed by atoms with Gasteiger partial charge in [-0.15, -0.1) is 0 Å². The second kappa shape index (κ2) is 4.94. The Labute approximate surface area is 112 Å². The molecular weight excluding hydrogens is 248 g/mol. The van der Waals surface area contributed by atoms with Crippen molar-refractivity contribution in [2.75, 3.05) is 7.11 Å². The van der Waals surface area contributed by atoms with Crippen molar-refractivity contribution in [2.45, 2.75) is 20.8 Å². The normalized spacial score (nSPS) is 10.5. The fourth-order valence-electron chi connectivity index (χ4n) is 2.09. The summed E-state index contributed by atoms with van der Waals surface area (Å²) in [5, 5.41) is 0.256. The molecule has 4 heteroatoms. The lowest BCUT2D eigenvalue weighted by molar-refractivity contribution is 0.413. The molecule has 3 nitrogen and oxygen atoms in total. The van der Waals surface area contributed by atoms with E-state index in [0.717, 1.165) is 33.8 Å². The highest BCUT2D eigenvalue weighted by molar-refractivity contribution is 6.28. The van der Waals surface area contributed by atoms with Gasteiger partial charge in [-0.25, -0.2) is 9.97 Å². The van der Waals surface area contributed by atoms with Gasteiger partial charge < -0.3 is 4.74 Å². The first-order valence-electron chi connectivity index (χ1n) is 5.68. The molecular formula is C14H15ClN2O. The number of hydrogen-bond acceptors (Lipinski definition) is 3. The van der Waals surface area contributed by atoms with E-state index in [4.69, 9.17) is 16.3 Å². The minimum atomic E-state index is 0.256. The number of halogens is 1. The molecule has 0 N–H and O–H groups in total. The van der Waals surface area contributed by atoms with Gasteiger partial charge in [0.05, 0.1) is 12.8 Å². The molecule has 0 fully saturated rings. The first-order chi connectivity index (χ1) is 8.51. The Morgan fingerprint density at radius 2 is 1.78 bits per heavy atom. The zero-order valence-electron chi connectivity index (χ0n) is 10.9. The van der Waals surface area contributed by atoms with Gasteiger partial charge in [0.1, 0.15) is 5.75 Å². The third kappa shape index (κ3) is 2.46. The highest BCUT2D eigenvalue weighted by Crippen LogP contribution is 2.33. The first-order valence-corrected chi connectivity index (χ1v) is 6.06. The number of nitrogens with zero attached hydrogens (tertiary/aromatic N) is 2. The average Bonchev–Trinajstić information content (AvgIpc) is 2.26. The summed E-state index contributed by atoms with van der Waals surface area (Å²) in [5.41, 5.74) is 4.82. The van der Waals surface area contributed by atoms with Gasteiger partial charge in [0.2, 0.25) is 5.28 Å². The molecule has 18 heavy (non-hydrogen) atoms. The number of rotatable bonds is 2. The summed E-state index contributed by atoms with van der Waals surface area (Å²) in [6.45, 7) is 5.96. The predicted molar refractivity (Wildman–Crippen MR) is 73.2 cm³/mol. The number of methoxy groups -OCH3 is 1. The van der Waals surface area contributed by atoms with Crippen molar-refractivity contribution in [1.29, 1.82) is 0 Å². The zero-order valence-corrected chi connectivity index (χ0v) is 11.7. The van der Waals surface area contributed by atoms with Crippen LogP contribution in [0.2, 0.25) is 5.28 Å². The monoisotopic (exact) mass is 262 g/mol. The van der Waals surface area contributed by atoms with E-state index in [9.17, 15) is 0 Å². The van der Waals surface area contributed by atoms with Crippen LogP contribution in [0.4, 0.5) is 0 Å². The van der Waals surface area contributed by atoms with Gasteiger partial charge in [-0.1, -0.05) is 6.07 Å². The lowest BCUT2D eigenvalue weighted by Gasteiger charge is -2.12. The predicted octanol–water partition coefficient (Wildman–Crippen LogP) is 3.73. The van der Waals surface area contributed by atoms with Gasteiger partial charge in [0.15, 0.2) is 0 Å². The molecule has 0 saturated carbocycles. The topological polar surface area (TPSA) is 35.0 Å². The smallest absolute Gasteiger partial charge is 0.223 e. The van der Waals surface area contributed by atoms with Crippen molar-refractivity contribution < 1.29 is 4.74 Å². The van der Waals surface area contributed by atoms with Crippen molar-refractivity contribution >= 4 is 11.6 Å². The van der Waals surface area contributed by atoms with Gasteiger partial charge >= 0.3 is 0 Å². The zero-order chi connectivity index (χ0) is 13.3. The standard InChI is InChI=1S/C14H15ClN2O/c1-8-5-9(2)13(18-4)11(6-8)12-7-10(3)16-14(15)17-12/h5-7H,1-4H3. The van der Waals surface area contributed by atoms with Crippen molar-refractivity contribution in [1.82, 2.24) is 9.97 Å². The van der Waals surface area contributed by atoms with Crippen molar-refractivity contribution in [3.63, 3.8) is 0 Å². The number of benzene rings is 1.